The second-order valence-corrected chi connectivity index (χ2v) is 4.80. The molecule has 0 saturated heterocycles. The first-order valence-corrected chi connectivity index (χ1v) is 6.13. The molecular formula is C15H17NO3. The summed E-state index contributed by atoms with van der Waals surface area (Å²) in [6.07, 6.45) is 0.256. The van der Waals surface area contributed by atoms with Crippen LogP contribution in [0.1, 0.15) is 13.3 Å². The quantitative estimate of drug-likeness (QED) is 0.864. The van der Waals surface area contributed by atoms with Crippen molar-refractivity contribution in [3.8, 4) is 5.75 Å². The maximum Gasteiger partial charge on any atom is 0.323 e. The van der Waals surface area contributed by atoms with E-state index in [2.05, 4.69) is 0 Å². The first-order valence-electron chi connectivity index (χ1n) is 6.13. The van der Waals surface area contributed by atoms with Gasteiger partial charge in [0.2, 0.25) is 0 Å². The summed E-state index contributed by atoms with van der Waals surface area (Å²) >= 11 is 0. The molecule has 2 aromatic carbocycles. The van der Waals surface area contributed by atoms with Gasteiger partial charge in [-0.2, -0.15) is 0 Å². The molecule has 1 unspecified atom stereocenters. The summed E-state index contributed by atoms with van der Waals surface area (Å²) < 4.78 is 5.66. The highest BCUT2D eigenvalue weighted by molar-refractivity contribution is 5.88. The van der Waals surface area contributed by atoms with E-state index >= 15 is 0 Å². The van der Waals surface area contributed by atoms with Gasteiger partial charge in [-0.05, 0) is 18.4 Å². The minimum Gasteiger partial charge on any atom is -0.493 e. The average molecular weight is 259 g/mol. The van der Waals surface area contributed by atoms with Gasteiger partial charge in [0.1, 0.15) is 11.3 Å². The molecule has 0 amide bonds. The van der Waals surface area contributed by atoms with E-state index in [4.69, 9.17) is 15.6 Å². The lowest BCUT2D eigenvalue weighted by molar-refractivity contribution is -0.143. The summed E-state index contributed by atoms with van der Waals surface area (Å²) in [6.45, 7) is 1.76. The van der Waals surface area contributed by atoms with Crippen LogP contribution < -0.4 is 10.5 Å². The Hall–Kier alpha value is -2.07. The van der Waals surface area contributed by atoms with Crippen molar-refractivity contribution in [2.75, 3.05) is 6.61 Å². The number of fused-ring (bicyclic) bond motifs is 1. The molecular weight excluding hydrogens is 242 g/mol. The topological polar surface area (TPSA) is 72.5 Å². The minimum absolute atomic E-state index is 0.256. The number of carboxylic acid groups (broad SMARTS) is 1. The van der Waals surface area contributed by atoms with Gasteiger partial charge in [0, 0.05) is 11.8 Å². The summed E-state index contributed by atoms with van der Waals surface area (Å²) in [7, 11) is 0. The molecule has 0 saturated carbocycles. The van der Waals surface area contributed by atoms with Gasteiger partial charge in [-0.3, -0.25) is 4.79 Å². The van der Waals surface area contributed by atoms with Crippen LogP contribution >= 0.6 is 0 Å². The maximum absolute atomic E-state index is 10.9. The Labute approximate surface area is 111 Å². The number of hydrogen-bond donors (Lipinski definition) is 2. The van der Waals surface area contributed by atoms with Crippen LogP contribution in [-0.4, -0.2) is 23.2 Å². The molecule has 0 aliphatic rings. The summed E-state index contributed by atoms with van der Waals surface area (Å²) in [5.74, 6) is -0.270. The highest BCUT2D eigenvalue weighted by Crippen LogP contribution is 2.25. The number of aliphatic carboxylic acids is 1. The van der Waals surface area contributed by atoms with Gasteiger partial charge < -0.3 is 15.6 Å². The molecule has 0 radical (unpaired) electrons. The van der Waals surface area contributed by atoms with Gasteiger partial charge in [0.15, 0.2) is 0 Å². The van der Waals surface area contributed by atoms with E-state index < -0.39 is 11.5 Å². The molecule has 0 bridgehead atoms. The fourth-order valence-corrected chi connectivity index (χ4v) is 1.80. The van der Waals surface area contributed by atoms with Gasteiger partial charge >= 0.3 is 5.97 Å². The molecule has 4 nitrogen and oxygen atoms in total. The Balaban J connectivity index is 2.09. The van der Waals surface area contributed by atoms with Gasteiger partial charge in [-0.1, -0.05) is 36.4 Å². The van der Waals surface area contributed by atoms with Gasteiger partial charge in [-0.15, -0.1) is 0 Å². The normalized spacial score (nSPS) is 14.0. The van der Waals surface area contributed by atoms with Crippen LogP contribution in [0.3, 0.4) is 0 Å². The zero-order valence-electron chi connectivity index (χ0n) is 10.8. The van der Waals surface area contributed by atoms with Crippen LogP contribution in [0.15, 0.2) is 42.5 Å². The van der Waals surface area contributed by atoms with E-state index in [0.29, 0.717) is 0 Å². The third-order valence-corrected chi connectivity index (χ3v) is 3.12. The predicted octanol–water partition coefficient (Wildman–Crippen LogP) is 2.41. The number of carbonyl (C=O) groups is 1. The fourth-order valence-electron chi connectivity index (χ4n) is 1.80. The first kappa shape index (κ1) is 13.4. The average Bonchev–Trinajstić information content (AvgIpc) is 2.38. The van der Waals surface area contributed by atoms with Crippen molar-refractivity contribution in [2.45, 2.75) is 18.9 Å². The number of benzene rings is 2. The highest BCUT2D eigenvalue weighted by Gasteiger charge is 2.27. The van der Waals surface area contributed by atoms with E-state index in [0.717, 1.165) is 16.5 Å². The van der Waals surface area contributed by atoms with E-state index in [-0.39, 0.29) is 13.0 Å². The number of hydrogen-bond acceptors (Lipinski definition) is 3. The largest absolute Gasteiger partial charge is 0.493 e. The molecule has 0 fully saturated rings. The predicted molar refractivity (Wildman–Crippen MR) is 74.3 cm³/mol. The van der Waals surface area contributed by atoms with Crippen molar-refractivity contribution in [3.05, 3.63) is 42.5 Å². The molecule has 1 atom stereocenters. The van der Waals surface area contributed by atoms with Crippen LogP contribution in [0.2, 0.25) is 0 Å². The number of nitrogens with two attached hydrogens (primary N) is 1. The molecule has 0 heterocycles. The first-order chi connectivity index (χ1) is 9.00. The van der Waals surface area contributed by atoms with Crippen molar-refractivity contribution in [2.24, 2.45) is 5.73 Å². The standard InChI is InChI=1S/C15H17NO3/c1-15(16,14(17)18)9-10-19-13-8-4-6-11-5-2-3-7-12(11)13/h2-8H,9-10,16H2,1H3,(H,17,18). The monoisotopic (exact) mass is 259 g/mol. The zero-order valence-corrected chi connectivity index (χ0v) is 10.8. The van der Waals surface area contributed by atoms with Crippen molar-refractivity contribution in [1.82, 2.24) is 0 Å². The summed E-state index contributed by atoms with van der Waals surface area (Å²) in [4.78, 5) is 10.9. The second kappa shape index (κ2) is 5.28. The lowest BCUT2D eigenvalue weighted by Crippen LogP contribution is -2.45. The Kier molecular flexibility index (Phi) is 3.71. The third kappa shape index (κ3) is 3.03. The summed E-state index contributed by atoms with van der Waals surface area (Å²) in [6, 6.07) is 13.7. The molecule has 3 N–H and O–H groups in total. The smallest absolute Gasteiger partial charge is 0.323 e. The van der Waals surface area contributed by atoms with Crippen molar-refractivity contribution >= 4 is 16.7 Å². The Morgan fingerprint density at radius 1 is 1.26 bits per heavy atom. The Morgan fingerprint density at radius 3 is 2.68 bits per heavy atom. The van der Waals surface area contributed by atoms with Gasteiger partial charge in [0.05, 0.1) is 6.61 Å². The molecule has 2 aromatic rings. The minimum atomic E-state index is -1.26. The third-order valence-electron chi connectivity index (χ3n) is 3.12. The molecule has 100 valence electrons. The zero-order chi connectivity index (χ0) is 13.9. The fraction of sp³-hybridized carbons (Fsp3) is 0.267. The van der Waals surface area contributed by atoms with Crippen LogP contribution in [0.25, 0.3) is 10.8 Å². The van der Waals surface area contributed by atoms with E-state index in [1.165, 1.54) is 6.92 Å². The SMILES string of the molecule is CC(N)(CCOc1cccc2ccccc12)C(=O)O. The summed E-state index contributed by atoms with van der Waals surface area (Å²) in [5, 5.41) is 11.0. The maximum atomic E-state index is 10.9. The highest BCUT2D eigenvalue weighted by atomic mass is 16.5. The van der Waals surface area contributed by atoms with E-state index in [9.17, 15) is 4.79 Å². The van der Waals surface area contributed by atoms with Crippen LogP contribution in [0.5, 0.6) is 5.75 Å². The molecule has 19 heavy (non-hydrogen) atoms. The van der Waals surface area contributed by atoms with Gasteiger partial charge in [0.25, 0.3) is 0 Å². The Morgan fingerprint density at radius 2 is 1.95 bits per heavy atom. The lowest BCUT2D eigenvalue weighted by atomic mass is 10.0. The number of ether oxygens (including phenoxy) is 1. The van der Waals surface area contributed by atoms with Crippen molar-refractivity contribution < 1.29 is 14.6 Å². The van der Waals surface area contributed by atoms with Crippen molar-refractivity contribution in [3.63, 3.8) is 0 Å². The Bertz CT molecular complexity index is 587. The van der Waals surface area contributed by atoms with Crippen LogP contribution in [0.4, 0.5) is 0 Å². The molecule has 2 rings (SSSR count). The molecule has 0 aliphatic carbocycles. The van der Waals surface area contributed by atoms with E-state index in [1.807, 2.05) is 42.5 Å². The van der Waals surface area contributed by atoms with E-state index in [1.54, 1.807) is 0 Å². The van der Waals surface area contributed by atoms with Crippen LogP contribution in [-0.2, 0) is 4.79 Å². The lowest BCUT2D eigenvalue weighted by Gasteiger charge is -2.19. The molecule has 0 aliphatic heterocycles. The van der Waals surface area contributed by atoms with Crippen LogP contribution in [0, 0.1) is 0 Å². The molecule has 0 spiro atoms. The van der Waals surface area contributed by atoms with Crippen molar-refractivity contribution in [1.29, 1.82) is 0 Å². The van der Waals surface area contributed by atoms with Gasteiger partial charge in [-0.25, -0.2) is 0 Å². The number of rotatable bonds is 5. The second-order valence-electron chi connectivity index (χ2n) is 4.80. The molecule has 4 heteroatoms. The summed E-state index contributed by atoms with van der Waals surface area (Å²) in [5.41, 5.74) is 4.40. The number of carboxylic acids is 1. The molecule has 0 aromatic heterocycles.